The van der Waals surface area contributed by atoms with Crippen LogP contribution >= 0.6 is 45.3 Å². The van der Waals surface area contributed by atoms with E-state index in [9.17, 15) is 21.0 Å². The molecule has 6 heterocycles. The number of thiophene rings is 2. The Kier molecular flexibility index (Phi) is 16.3. The summed E-state index contributed by atoms with van der Waals surface area (Å²) in [7, 11) is 2.77. The van der Waals surface area contributed by atoms with Gasteiger partial charge in [-0.3, -0.25) is 0 Å². The lowest BCUT2D eigenvalue weighted by Gasteiger charge is -2.36. The van der Waals surface area contributed by atoms with Gasteiger partial charge in [-0.2, -0.15) is 21.0 Å². The van der Waals surface area contributed by atoms with Crippen LogP contribution in [0.15, 0.2) is 156 Å². The smallest absolute Gasteiger partial charge is 0.369 e. The van der Waals surface area contributed by atoms with Gasteiger partial charge in [0.25, 0.3) is 0 Å². The molecule has 2 aliphatic rings. The van der Waals surface area contributed by atoms with E-state index in [1.165, 1.54) is 38.5 Å². The predicted molar refractivity (Wildman–Crippen MR) is 315 cm³/mol. The number of rotatable bonds is 18. The Balaban J connectivity index is 1.15. The van der Waals surface area contributed by atoms with Gasteiger partial charge in [0.2, 0.25) is 11.4 Å². The van der Waals surface area contributed by atoms with Crippen LogP contribution in [0.3, 0.4) is 0 Å². The number of thiazole rings is 2. The number of nitrogens with zero attached hydrogens (tertiary/aromatic N) is 8. The Hall–Kier alpha value is -10.9. The van der Waals surface area contributed by atoms with Crippen molar-refractivity contribution in [3.05, 3.63) is 179 Å². The number of hydrogen-bond donors (Lipinski definition) is 0. The Bertz CT molecular complexity index is 3960. The average molecular weight is 1220 g/mol. The van der Waals surface area contributed by atoms with Crippen LogP contribution in [-0.2, 0) is 75.8 Å². The van der Waals surface area contributed by atoms with Crippen molar-refractivity contribution in [3.8, 4) is 87.9 Å². The third kappa shape index (κ3) is 10.9. The number of carbonyl (C=O) groups is 4. The topological polar surface area (TPSA) is 288 Å². The van der Waals surface area contributed by atoms with E-state index in [4.69, 9.17) is 47.9 Å². The molecule has 0 saturated heterocycles. The van der Waals surface area contributed by atoms with Crippen LogP contribution in [0.2, 0.25) is 0 Å². The summed E-state index contributed by atoms with van der Waals surface area (Å²) >= 11 is 3.94. The van der Waals surface area contributed by atoms with Crippen molar-refractivity contribution in [1.82, 2.24) is 9.97 Å². The molecule has 5 aromatic carbocycles. The van der Waals surface area contributed by atoms with E-state index < -0.39 is 46.5 Å². The highest BCUT2D eigenvalue weighted by Gasteiger charge is 2.63. The highest BCUT2D eigenvalue weighted by molar-refractivity contribution is 7.26. The number of nitriles is 4. The number of carbonyl (C=O) groups excluding carboxylic acids is 4. The fourth-order valence-corrected chi connectivity index (χ4v) is 13.4. The van der Waals surface area contributed by atoms with Crippen molar-refractivity contribution in [1.29, 1.82) is 21.0 Å². The fraction of sp³-hybridized carbons (Fsp3) is 0.129. The highest BCUT2D eigenvalue weighted by atomic mass is 32.1. The molecule has 0 saturated carbocycles. The fourth-order valence-electron chi connectivity index (χ4n) is 9.01. The summed E-state index contributed by atoms with van der Waals surface area (Å²) in [6, 6.07) is 47.8. The zero-order valence-corrected chi connectivity index (χ0v) is 48.1. The maximum Gasteiger partial charge on any atom is 0.369 e. The summed E-state index contributed by atoms with van der Waals surface area (Å²) in [5.74, 6) is -4.71. The SMILES string of the molecule is COc1cc(N=C(C#N)C#N)sc1-c1nc2c(s1)-c1cc3c(cc1OC2(C(=O)OCc1ccccc1)C(=O)OCc1ccccc1)-c1sc(-c2sc(N=C(C#N)C#N)cc2OC)nc1C(C(=O)OCc1ccccc1)(C(=O)OCc1ccccc1)O3. The number of hydrogen-bond acceptors (Lipinski definition) is 24. The first-order valence-corrected chi connectivity index (χ1v) is 28.8. The molecule has 24 heteroatoms. The molecule has 2 aliphatic heterocycles. The summed E-state index contributed by atoms with van der Waals surface area (Å²) in [6.07, 6.45) is 0. The molecule has 0 radical (unpaired) electrons. The lowest BCUT2D eigenvalue weighted by atomic mass is 9.89. The van der Waals surface area contributed by atoms with Gasteiger partial charge < -0.3 is 37.9 Å². The lowest BCUT2D eigenvalue weighted by Crippen LogP contribution is -2.53. The van der Waals surface area contributed by atoms with Gasteiger partial charge in [0.1, 0.15) is 115 Å². The van der Waals surface area contributed by atoms with Crippen LogP contribution < -0.4 is 18.9 Å². The molecule has 0 amide bonds. The van der Waals surface area contributed by atoms with Crippen molar-refractivity contribution in [2.45, 2.75) is 37.6 Å². The van der Waals surface area contributed by atoms with E-state index in [1.807, 2.05) is 0 Å². The minimum absolute atomic E-state index is 0.126. The van der Waals surface area contributed by atoms with Gasteiger partial charge in [-0.05, 0) is 34.4 Å². The van der Waals surface area contributed by atoms with Crippen LogP contribution in [0, 0.1) is 45.3 Å². The first kappa shape index (κ1) is 57.0. The first-order chi connectivity index (χ1) is 41.9. The van der Waals surface area contributed by atoms with Crippen LogP contribution in [0.4, 0.5) is 10.0 Å². The van der Waals surface area contributed by atoms with E-state index in [0.717, 1.165) is 45.3 Å². The molecule has 0 bridgehead atoms. The molecule has 9 aromatic rings. The van der Waals surface area contributed by atoms with Crippen molar-refractivity contribution in [2.75, 3.05) is 14.2 Å². The molecule has 0 unspecified atom stereocenters. The molecular weight excluding hydrogens is 1180 g/mol. The molecule has 0 spiro atoms. The zero-order chi connectivity index (χ0) is 60.0. The van der Waals surface area contributed by atoms with Gasteiger partial charge in [-0.1, -0.05) is 121 Å². The van der Waals surface area contributed by atoms with Crippen LogP contribution in [0.1, 0.15) is 33.6 Å². The minimum Gasteiger partial charge on any atom is -0.495 e. The second kappa shape index (κ2) is 24.5. The molecule has 11 rings (SSSR count). The second-order valence-electron chi connectivity index (χ2n) is 18.4. The quantitative estimate of drug-likeness (QED) is 0.0334. The third-order valence-electron chi connectivity index (χ3n) is 13.1. The van der Waals surface area contributed by atoms with Crippen molar-refractivity contribution < 1.29 is 57.1 Å². The zero-order valence-electron chi connectivity index (χ0n) is 44.8. The molecule has 422 valence electrons. The maximum absolute atomic E-state index is 15.4. The predicted octanol–water partition coefficient (Wildman–Crippen LogP) is 11.8. The molecule has 0 aliphatic carbocycles. The van der Waals surface area contributed by atoms with Crippen molar-refractivity contribution in [3.63, 3.8) is 0 Å². The summed E-state index contributed by atoms with van der Waals surface area (Å²) in [5.41, 5.74) is -4.56. The number of esters is 4. The Morgan fingerprint density at radius 3 is 1.03 bits per heavy atom. The Morgan fingerprint density at radius 2 is 0.756 bits per heavy atom. The normalized spacial score (nSPS) is 12.5. The molecule has 0 atom stereocenters. The maximum atomic E-state index is 15.4. The molecular formula is C62H38N8O12S4. The third-order valence-corrected chi connectivity index (χ3v) is 17.6. The van der Waals surface area contributed by atoms with Crippen LogP contribution in [0.25, 0.3) is 40.7 Å². The summed E-state index contributed by atoms with van der Waals surface area (Å²) < 4.78 is 49.4. The summed E-state index contributed by atoms with van der Waals surface area (Å²) in [4.78, 5) is 80.7. The van der Waals surface area contributed by atoms with Crippen molar-refractivity contribution in [2.24, 2.45) is 9.98 Å². The van der Waals surface area contributed by atoms with E-state index in [-0.39, 0.29) is 102 Å². The number of methoxy groups -OCH3 is 2. The molecule has 0 fully saturated rings. The van der Waals surface area contributed by atoms with Gasteiger partial charge in [0.15, 0.2) is 0 Å². The standard InChI is InChI=1S/C62H38N8O12S4/c1-75-45-25-47(67-39(27-63)28-64)83-51(45)55-69-53-49(85-55)41-23-44-42(24-43(41)81-61(53,57(71)77-31-35-15-7-3-8-16-35)58(72)78-32-36-17-9-4-10-18-36)50-54(70-56(86-50)52-46(76-2)26-48(84-52)68-40(29-65)30-66)62(82-44,59(73)79-33-37-19-11-5-12-20-37)60(74)80-34-38-21-13-6-14-22-38/h3-26H,31-34H2,1-2H3. The van der Waals surface area contributed by atoms with Crippen LogP contribution in [0.5, 0.6) is 23.0 Å². The van der Waals surface area contributed by atoms with Gasteiger partial charge >= 0.3 is 35.1 Å². The first-order valence-electron chi connectivity index (χ1n) is 25.5. The van der Waals surface area contributed by atoms with E-state index in [2.05, 4.69) is 9.98 Å². The average Bonchev–Trinajstić information content (AvgIpc) is 1.44. The van der Waals surface area contributed by atoms with Gasteiger partial charge in [-0.25, -0.2) is 39.1 Å². The Morgan fingerprint density at radius 1 is 0.453 bits per heavy atom. The van der Waals surface area contributed by atoms with E-state index in [0.29, 0.717) is 32.0 Å². The molecule has 0 N–H and O–H groups in total. The number of aliphatic imine (C=N–C) groups is 2. The minimum atomic E-state index is -2.83. The number of fused-ring (bicyclic) bond motifs is 6. The molecule has 4 aromatic heterocycles. The van der Waals surface area contributed by atoms with Gasteiger partial charge in [-0.15, -0.1) is 45.3 Å². The Labute approximate surface area is 504 Å². The second-order valence-corrected chi connectivity index (χ2v) is 22.4. The highest BCUT2D eigenvalue weighted by Crippen LogP contribution is 2.59. The lowest BCUT2D eigenvalue weighted by molar-refractivity contribution is -0.185. The number of aromatic nitrogens is 2. The summed E-state index contributed by atoms with van der Waals surface area (Å²) in [5, 5.41) is 39.1. The van der Waals surface area contributed by atoms with Crippen molar-refractivity contribution >= 4 is 90.6 Å². The number of ether oxygens (including phenoxy) is 8. The van der Waals surface area contributed by atoms with E-state index in [1.54, 1.807) is 146 Å². The number of benzene rings is 5. The monoisotopic (exact) mass is 1210 g/mol. The largest absolute Gasteiger partial charge is 0.495 e. The summed E-state index contributed by atoms with van der Waals surface area (Å²) in [6.45, 7) is -1.29. The van der Waals surface area contributed by atoms with Crippen LogP contribution in [-0.4, -0.2) is 59.5 Å². The van der Waals surface area contributed by atoms with Gasteiger partial charge in [0.05, 0.1) is 24.0 Å². The molecule has 86 heavy (non-hydrogen) atoms. The van der Waals surface area contributed by atoms with E-state index >= 15 is 19.2 Å². The molecule has 20 nitrogen and oxygen atoms in total. The van der Waals surface area contributed by atoms with Gasteiger partial charge in [0, 0.05) is 23.3 Å².